The molecule has 0 amide bonds. The maximum atomic E-state index is 2.51. The summed E-state index contributed by atoms with van der Waals surface area (Å²) < 4.78 is 0. The van der Waals surface area contributed by atoms with Crippen molar-refractivity contribution in [2.24, 2.45) is 0 Å². The van der Waals surface area contributed by atoms with Crippen LogP contribution in [-0.4, -0.2) is 8.07 Å². The van der Waals surface area contributed by atoms with Gasteiger partial charge in [0.2, 0.25) is 0 Å². The molecule has 0 aromatic heterocycles. The fraction of sp³-hybridized carbons (Fsp3) is 0. The fourth-order valence-electron chi connectivity index (χ4n) is 10.5. The molecule has 0 bridgehead atoms. The Morgan fingerprint density at radius 1 is 0.275 bits per heavy atom. The van der Waals surface area contributed by atoms with E-state index < -0.39 is 8.07 Å². The number of fused-ring (bicyclic) bond motifs is 2. The largest absolute Gasteiger partial charge is 0.311 e. The first-order valence-electron chi connectivity index (χ1n) is 23.8. The average Bonchev–Trinajstić information content (AvgIpc) is 3.44. The molecule has 0 radical (unpaired) electrons. The van der Waals surface area contributed by atoms with Crippen LogP contribution in [-0.2, 0) is 0 Å². The minimum Gasteiger partial charge on any atom is -0.311 e. The third-order valence-corrected chi connectivity index (χ3v) is 18.6. The highest BCUT2D eigenvalue weighted by Gasteiger charge is 2.49. The van der Waals surface area contributed by atoms with Crippen molar-refractivity contribution in [1.82, 2.24) is 0 Å². The van der Waals surface area contributed by atoms with Gasteiger partial charge in [-0.05, 0) is 114 Å². The molecule has 326 valence electrons. The van der Waals surface area contributed by atoms with E-state index >= 15 is 0 Å². The Hall–Kier alpha value is -8.76. The normalized spacial score (nSPS) is 12.4. The summed E-state index contributed by atoms with van der Waals surface area (Å²) in [5.74, 6) is 0. The van der Waals surface area contributed by atoms with Crippen molar-refractivity contribution in [3.8, 4) is 44.5 Å². The van der Waals surface area contributed by atoms with Gasteiger partial charge in [0, 0.05) is 34.0 Å². The van der Waals surface area contributed by atoms with Crippen molar-refractivity contribution in [1.29, 1.82) is 0 Å². The van der Waals surface area contributed by atoms with Crippen molar-refractivity contribution >= 4 is 62.9 Å². The monoisotopic (exact) mass is 896 g/mol. The number of hydrogen-bond acceptors (Lipinski definition) is 2. The third kappa shape index (κ3) is 7.56. The number of hydrogen-bond donors (Lipinski definition) is 0. The standard InChI is InChI=1S/C66H48N2Si/c1-6-20-49(21-7-1)50-34-36-51(37-35-50)52-38-43-57(44-39-52)67(62-31-17-16-30-61(62)54-22-8-2-9-23-54)58-45-40-53(41-46-58)55-42-47-64-66(48-55)69(59-26-12-4-13-27-59,60-28-14-5-15-29-60)65-33-19-18-32-63(65)68(64)56-24-10-3-11-25-56/h1-48H. The molecule has 1 aliphatic heterocycles. The lowest BCUT2D eigenvalue weighted by atomic mass is 9.99. The quantitative estimate of drug-likeness (QED) is 0.126. The molecule has 2 nitrogen and oxygen atoms in total. The predicted molar refractivity (Wildman–Crippen MR) is 295 cm³/mol. The predicted octanol–water partition coefficient (Wildman–Crippen LogP) is 15.0. The molecule has 0 N–H and O–H groups in total. The molecule has 12 rings (SSSR count). The highest BCUT2D eigenvalue weighted by atomic mass is 28.3. The summed E-state index contributed by atoms with van der Waals surface area (Å²) in [6.45, 7) is 0. The van der Waals surface area contributed by atoms with E-state index in [1.54, 1.807) is 0 Å². The Balaban J connectivity index is 0.985. The van der Waals surface area contributed by atoms with Crippen LogP contribution in [0.15, 0.2) is 291 Å². The molecule has 0 atom stereocenters. The molecule has 11 aromatic carbocycles. The third-order valence-electron chi connectivity index (χ3n) is 13.8. The van der Waals surface area contributed by atoms with Crippen LogP contribution < -0.4 is 30.5 Å². The minimum absolute atomic E-state index is 1.08. The second-order valence-corrected chi connectivity index (χ2v) is 21.4. The SMILES string of the molecule is c1ccc(-c2ccc(-c3ccc(N(c4ccc(-c5ccc6c(c5)[Si](c5ccccc5)(c5ccccc5)c5ccccc5N6c5ccccc5)cc4)c4ccccc4-c4ccccc4)cc3)cc2)cc1. The van der Waals surface area contributed by atoms with E-state index in [2.05, 4.69) is 301 Å². The molecule has 0 saturated heterocycles. The Morgan fingerprint density at radius 2 is 0.667 bits per heavy atom. The van der Waals surface area contributed by atoms with Gasteiger partial charge in [0.05, 0.1) is 5.69 Å². The average molecular weight is 897 g/mol. The number of rotatable bonds is 10. The zero-order valence-electron chi connectivity index (χ0n) is 38.1. The zero-order chi connectivity index (χ0) is 46.0. The van der Waals surface area contributed by atoms with Gasteiger partial charge in [-0.3, -0.25) is 0 Å². The van der Waals surface area contributed by atoms with E-state index in [1.165, 1.54) is 76.6 Å². The van der Waals surface area contributed by atoms with E-state index in [4.69, 9.17) is 0 Å². The summed E-state index contributed by atoms with van der Waals surface area (Å²) in [5.41, 5.74) is 16.4. The molecule has 1 aliphatic rings. The molecular weight excluding hydrogens is 849 g/mol. The number of benzene rings is 11. The Kier molecular flexibility index (Phi) is 11.0. The lowest BCUT2D eigenvalue weighted by Crippen LogP contribution is -2.77. The van der Waals surface area contributed by atoms with E-state index in [1.807, 2.05) is 0 Å². The van der Waals surface area contributed by atoms with Gasteiger partial charge in [-0.15, -0.1) is 0 Å². The lowest BCUT2D eigenvalue weighted by Gasteiger charge is -2.45. The molecule has 0 spiro atoms. The van der Waals surface area contributed by atoms with Gasteiger partial charge < -0.3 is 9.80 Å². The van der Waals surface area contributed by atoms with Crippen molar-refractivity contribution < 1.29 is 0 Å². The van der Waals surface area contributed by atoms with Crippen LogP contribution in [0.5, 0.6) is 0 Å². The molecule has 0 unspecified atom stereocenters. The lowest BCUT2D eigenvalue weighted by molar-refractivity contribution is 1.28. The highest BCUT2D eigenvalue weighted by Crippen LogP contribution is 2.43. The summed E-state index contributed by atoms with van der Waals surface area (Å²) in [7, 11) is -2.87. The first-order chi connectivity index (χ1) is 34.2. The molecular formula is C66H48N2Si. The maximum Gasteiger partial charge on any atom is 0.184 e. The fourth-order valence-corrected chi connectivity index (χ4v) is 15.7. The van der Waals surface area contributed by atoms with Gasteiger partial charge in [0.15, 0.2) is 8.07 Å². The van der Waals surface area contributed by atoms with Crippen molar-refractivity contribution in [2.45, 2.75) is 0 Å². The van der Waals surface area contributed by atoms with Gasteiger partial charge in [0.1, 0.15) is 0 Å². The Bertz CT molecular complexity index is 3470. The van der Waals surface area contributed by atoms with Gasteiger partial charge in [-0.2, -0.15) is 0 Å². The zero-order valence-corrected chi connectivity index (χ0v) is 39.1. The second kappa shape index (κ2) is 18.1. The first kappa shape index (κ1) is 41.7. The van der Waals surface area contributed by atoms with E-state index in [-0.39, 0.29) is 0 Å². The summed E-state index contributed by atoms with van der Waals surface area (Å²) >= 11 is 0. The van der Waals surface area contributed by atoms with Crippen molar-refractivity contribution in [2.75, 3.05) is 9.80 Å². The smallest absolute Gasteiger partial charge is 0.184 e. The topological polar surface area (TPSA) is 6.48 Å². The van der Waals surface area contributed by atoms with Gasteiger partial charge in [-0.1, -0.05) is 237 Å². The molecule has 0 fully saturated rings. The van der Waals surface area contributed by atoms with Crippen LogP contribution in [0, 0.1) is 0 Å². The van der Waals surface area contributed by atoms with Gasteiger partial charge >= 0.3 is 0 Å². The molecule has 11 aromatic rings. The number of para-hydroxylation sites is 3. The molecule has 69 heavy (non-hydrogen) atoms. The first-order valence-corrected chi connectivity index (χ1v) is 25.8. The maximum absolute atomic E-state index is 2.87. The summed E-state index contributed by atoms with van der Waals surface area (Å²) in [6.07, 6.45) is 0. The summed E-state index contributed by atoms with van der Waals surface area (Å²) in [5, 5.41) is 5.49. The summed E-state index contributed by atoms with van der Waals surface area (Å²) in [6, 6.07) is 107. The van der Waals surface area contributed by atoms with Gasteiger partial charge in [0.25, 0.3) is 0 Å². The highest BCUT2D eigenvalue weighted by molar-refractivity contribution is 7.21. The Morgan fingerprint density at radius 3 is 1.23 bits per heavy atom. The summed E-state index contributed by atoms with van der Waals surface area (Å²) in [4.78, 5) is 4.88. The van der Waals surface area contributed by atoms with Crippen molar-refractivity contribution in [3.05, 3.63) is 291 Å². The molecule has 0 saturated carbocycles. The minimum atomic E-state index is -2.87. The van der Waals surface area contributed by atoms with Crippen LogP contribution in [0.3, 0.4) is 0 Å². The van der Waals surface area contributed by atoms with E-state index in [0.29, 0.717) is 0 Å². The van der Waals surface area contributed by atoms with E-state index in [9.17, 15) is 0 Å². The second-order valence-electron chi connectivity index (χ2n) is 17.7. The van der Waals surface area contributed by atoms with Crippen LogP contribution in [0.4, 0.5) is 34.1 Å². The van der Waals surface area contributed by atoms with Crippen LogP contribution in [0.2, 0.25) is 0 Å². The number of anilines is 6. The molecule has 3 heteroatoms. The molecule has 1 heterocycles. The van der Waals surface area contributed by atoms with Crippen LogP contribution >= 0.6 is 0 Å². The Labute approximate surface area is 406 Å². The van der Waals surface area contributed by atoms with E-state index in [0.717, 1.165) is 22.7 Å². The van der Waals surface area contributed by atoms with Crippen LogP contribution in [0.25, 0.3) is 44.5 Å². The molecule has 0 aliphatic carbocycles. The van der Waals surface area contributed by atoms with Crippen LogP contribution in [0.1, 0.15) is 0 Å². The van der Waals surface area contributed by atoms with Crippen molar-refractivity contribution in [3.63, 3.8) is 0 Å². The van der Waals surface area contributed by atoms with Gasteiger partial charge in [-0.25, -0.2) is 0 Å². The number of nitrogens with zero attached hydrogens (tertiary/aromatic N) is 2.